The largest absolute Gasteiger partial charge is 0.465 e. The summed E-state index contributed by atoms with van der Waals surface area (Å²) < 4.78 is 15.5. The molecule has 5 heteroatoms. The molecule has 1 aromatic carbocycles. The number of ketones is 1. The molecule has 1 aromatic rings. The molecule has 120 valence electrons. The van der Waals surface area contributed by atoms with Crippen molar-refractivity contribution in [3.63, 3.8) is 0 Å². The third-order valence-corrected chi connectivity index (χ3v) is 3.33. The Bertz CT molecular complexity index is 657. The second-order valence-electron chi connectivity index (χ2n) is 4.78. The predicted molar refractivity (Wildman–Crippen MR) is 85.4 cm³/mol. The number of carbonyl (C=O) groups excluding carboxylic acids is 2. The van der Waals surface area contributed by atoms with Crippen LogP contribution in [0.1, 0.15) is 5.56 Å². The Hall–Kier alpha value is -2.50. The number of hydrogen-bond donors (Lipinski definition) is 0. The summed E-state index contributed by atoms with van der Waals surface area (Å²) in [4.78, 5) is 23.7. The first kappa shape index (κ1) is 16.9. The normalized spacial score (nSPS) is 20.6. The van der Waals surface area contributed by atoms with Gasteiger partial charge in [-0.3, -0.25) is 4.79 Å². The Labute approximate surface area is 134 Å². The standard InChI is InChI=1S/C18H18O5/c1-21-17(20)15-10-11-16(19)18(13-15,22-2)23-12-6-9-14-7-4-3-5-8-14/h3-11,13H,12H2,1-2H3/b9-6+. The fraction of sp³-hybridized carbons (Fsp3) is 0.222. The first-order chi connectivity index (χ1) is 11.1. The molecule has 0 aromatic heterocycles. The zero-order chi connectivity index (χ0) is 16.7. The summed E-state index contributed by atoms with van der Waals surface area (Å²) in [6.07, 6.45) is 7.60. The molecule has 5 nitrogen and oxygen atoms in total. The molecule has 0 radical (unpaired) electrons. The van der Waals surface area contributed by atoms with Crippen LogP contribution in [0.5, 0.6) is 0 Å². The van der Waals surface area contributed by atoms with Gasteiger partial charge in [0, 0.05) is 7.11 Å². The van der Waals surface area contributed by atoms with Crippen LogP contribution in [-0.2, 0) is 23.8 Å². The first-order valence-corrected chi connectivity index (χ1v) is 7.05. The minimum absolute atomic E-state index is 0.146. The number of methoxy groups -OCH3 is 2. The van der Waals surface area contributed by atoms with Crippen LogP contribution in [0.25, 0.3) is 6.08 Å². The van der Waals surface area contributed by atoms with E-state index in [0.717, 1.165) is 5.56 Å². The van der Waals surface area contributed by atoms with Gasteiger partial charge in [-0.25, -0.2) is 4.79 Å². The van der Waals surface area contributed by atoms with Crippen molar-refractivity contribution in [2.45, 2.75) is 5.79 Å². The van der Waals surface area contributed by atoms with Crippen molar-refractivity contribution in [1.29, 1.82) is 0 Å². The summed E-state index contributed by atoms with van der Waals surface area (Å²) in [5.41, 5.74) is 1.23. The average molecular weight is 314 g/mol. The highest BCUT2D eigenvalue weighted by atomic mass is 16.7. The van der Waals surface area contributed by atoms with E-state index in [0.29, 0.717) is 0 Å². The maximum atomic E-state index is 12.1. The molecule has 0 heterocycles. The summed E-state index contributed by atoms with van der Waals surface area (Å²) in [5, 5.41) is 0. The molecule has 0 fully saturated rings. The summed E-state index contributed by atoms with van der Waals surface area (Å²) >= 11 is 0. The lowest BCUT2D eigenvalue weighted by Crippen LogP contribution is -2.43. The molecule has 0 bridgehead atoms. The van der Waals surface area contributed by atoms with Gasteiger partial charge < -0.3 is 14.2 Å². The molecule has 0 amide bonds. The highest BCUT2D eigenvalue weighted by molar-refractivity contribution is 6.04. The molecule has 0 N–H and O–H groups in total. The zero-order valence-corrected chi connectivity index (χ0v) is 13.0. The van der Waals surface area contributed by atoms with Crippen molar-refractivity contribution in [3.8, 4) is 0 Å². The van der Waals surface area contributed by atoms with Crippen molar-refractivity contribution in [1.82, 2.24) is 0 Å². The SMILES string of the molecule is COC(=O)C1=CC(OC)(OC/C=C/c2ccccc2)C(=O)C=C1. The molecule has 0 saturated heterocycles. The number of carbonyl (C=O) groups is 2. The van der Waals surface area contributed by atoms with Gasteiger partial charge in [-0.05, 0) is 23.8 Å². The lowest BCUT2D eigenvalue weighted by atomic mass is 10.00. The van der Waals surface area contributed by atoms with Crippen LogP contribution < -0.4 is 0 Å². The Balaban J connectivity index is 2.09. The topological polar surface area (TPSA) is 61.8 Å². The van der Waals surface area contributed by atoms with Crippen LogP contribution in [0.4, 0.5) is 0 Å². The Morgan fingerprint density at radius 1 is 1.17 bits per heavy atom. The summed E-state index contributed by atoms with van der Waals surface area (Å²) in [6.45, 7) is 0.146. The first-order valence-electron chi connectivity index (χ1n) is 7.05. The van der Waals surface area contributed by atoms with Gasteiger partial charge in [0.15, 0.2) is 0 Å². The van der Waals surface area contributed by atoms with Crippen molar-refractivity contribution < 1.29 is 23.8 Å². The number of hydrogen-bond acceptors (Lipinski definition) is 5. The monoisotopic (exact) mass is 314 g/mol. The van der Waals surface area contributed by atoms with Crippen molar-refractivity contribution >= 4 is 17.8 Å². The van der Waals surface area contributed by atoms with Gasteiger partial charge in [0.1, 0.15) is 0 Å². The van der Waals surface area contributed by atoms with Gasteiger partial charge in [0.05, 0.1) is 19.3 Å². The summed E-state index contributed by atoms with van der Waals surface area (Å²) in [5.74, 6) is -2.56. The van der Waals surface area contributed by atoms with Crippen LogP contribution >= 0.6 is 0 Å². The fourth-order valence-corrected chi connectivity index (χ4v) is 2.10. The minimum Gasteiger partial charge on any atom is -0.465 e. The fourth-order valence-electron chi connectivity index (χ4n) is 2.10. The zero-order valence-electron chi connectivity index (χ0n) is 13.0. The smallest absolute Gasteiger partial charge is 0.337 e. The average Bonchev–Trinajstić information content (AvgIpc) is 2.60. The van der Waals surface area contributed by atoms with Crippen molar-refractivity contribution in [2.24, 2.45) is 0 Å². The maximum absolute atomic E-state index is 12.1. The third-order valence-electron chi connectivity index (χ3n) is 3.33. The molecular formula is C18H18O5. The van der Waals surface area contributed by atoms with Gasteiger partial charge in [-0.2, -0.15) is 0 Å². The molecular weight excluding hydrogens is 296 g/mol. The van der Waals surface area contributed by atoms with E-state index in [1.165, 1.54) is 32.4 Å². The molecule has 1 aliphatic rings. The van der Waals surface area contributed by atoms with Crippen LogP contribution in [0.3, 0.4) is 0 Å². The molecule has 1 aliphatic carbocycles. The van der Waals surface area contributed by atoms with Gasteiger partial charge in [0.2, 0.25) is 5.78 Å². The molecule has 0 spiro atoms. The summed E-state index contributed by atoms with van der Waals surface area (Å²) in [6, 6.07) is 9.69. The van der Waals surface area contributed by atoms with E-state index in [1.54, 1.807) is 6.08 Å². The Morgan fingerprint density at radius 3 is 2.57 bits per heavy atom. The molecule has 23 heavy (non-hydrogen) atoms. The van der Waals surface area contributed by atoms with Gasteiger partial charge in [-0.1, -0.05) is 42.5 Å². The lowest BCUT2D eigenvalue weighted by Gasteiger charge is -2.28. The second-order valence-corrected chi connectivity index (χ2v) is 4.78. The van der Waals surface area contributed by atoms with E-state index in [1.807, 2.05) is 36.4 Å². The highest BCUT2D eigenvalue weighted by Crippen LogP contribution is 2.24. The van der Waals surface area contributed by atoms with E-state index in [-0.39, 0.29) is 18.0 Å². The molecule has 0 aliphatic heterocycles. The van der Waals surface area contributed by atoms with Crippen LogP contribution in [-0.4, -0.2) is 38.4 Å². The lowest BCUT2D eigenvalue weighted by molar-refractivity contribution is -0.187. The molecule has 2 rings (SSSR count). The van der Waals surface area contributed by atoms with Crippen molar-refractivity contribution in [3.05, 3.63) is 65.8 Å². The molecule has 0 saturated carbocycles. The molecule has 1 unspecified atom stereocenters. The highest BCUT2D eigenvalue weighted by Gasteiger charge is 2.39. The minimum atomic E-state index is -1.61. The quantitative estimate of drug-likeness (QED) is 0.595. The van der Waals surface area contributed by atoms with E-state index < -0.39 is 11.8 Å². The van der Waals surface area contributed by atoms with Crippen molar-refractivity contribution in [2.75, 3.05) is 20.8 Å². The second kappa shape index (κ2) is 7.67. The van der Waals surface area contributed by atoms with E-state index in [4.69, 9.17) is 9.47 Å². The Morgan fingerprint density at radius 2 is 1.91 bits per heavy atom. The number of esters is 1. The van der Waals surface area contributed by atoms with E-state index in [9.17, 15) is 9.59 Å². The number of rotatable bonds is 6. The summed E-state index contributed by atoms with van der Waals surface area (Å²) in [7, 11) is 2.62. The number of benzene rings is 1. The van der Waals surface area contributed by atoms with Gasteiger partial charge in [0.25, 0.3) is 5.79 Å². The number of ether oxygens (including phenoxy) is 3. The van der Waals surface area contributed by atoms with Crippen LogP contribution in [0, 0.1) is 0 Å². The maximum Gasteiger partial charge on any atom is 0.337 e. The van der Waals surface area contributed by atoms with E-state index >= 15 is 0 Å². The van der Waals surface area contributed by atoms with Crippen LogP contribution in [0.15, 0.2) is 60.2 Å². The van der Waals surface area contributed by atoms with Crippen LogP contribution in [0.2, 0.25) is 0 Å². The Kier molecular flexibility index (Phi) is 5.62. The van der Waals surface area contributed by atoms with Gasteiger partial charge in [-0.15, -0.1) is 0 Å². The molecule has 1 atom stereocenters. The van der Waals surface area contributed by atoms with E-state index in [2.05, 4.69) is 4.74 Å². The third kappa shape index (κ3) is 4.03. The predicted octanol–water partition coefficient (Wildman–Crippen LogP) is 2.30. The van der Waals surface area contributed by atoms with Gasteiger partial charge >= 0.3 is 5.97 Å².